The number of hydrogen-bond acceptors (Lipinski definition) is 2. The molecular weight excluding hydrogens is 148 g/mol. The lowest BCUT2D eigenvalue weighted by atomic mass is 10.3. The fourth-order valence-electron chi connectivity index (χ4n) is 0.831. The van der Waals surface area contributed by atoms with E-state index in [4.69, 9.17) is 5.26 Å². The summed E-state index contributed by atoms with van der Waals surface area (Å²) in [5.41, 5.74) is 0. The maximum atomic E-state index is 8.45. The van der Waals surface area contributed by atoms with E-state index in [0.717, 1.165) is 19.4 Å². The molecule has 0 bridgehead atoms. The first-order chi connectivity index (χ1) is 5.81. The van der Waals surface area contributed by atoms with Gasteiger partial charge in [0.15, 0.2) is 0 Å². The van der Waals surface area contributed by atoms with Gasteiger partial charge in [0.25, 0.3) is 0 Å². The van der Waals surface area contributed by atoms with Crippen LogP contribution >= 0.6 is 0 Å². The summed E-state index contributed by atoms with van der Waals surface area (Å²) >= 11 is 0. The summed E-state index contributed by atoms with van der Waals surface area (Å²) in [7, 11) is 0. The van der Waals surface area contributed by atoms with Crippen molar-refractivity contribution in [1.29, 1.82) is 5.26 Å². The van der Waals surface area contributed by atoms with Gasteiger partial charge in [-0.2, -0.15) is 5.26 Å². The Kier molecular flexibility index (Phi) is 7.73. The van der Waals surface area contributed by atoms with Crippen LogP contribution in [-0.4, -0.2) is 12.6 Å². The van der Waals surface area contributed by atoms with Crippen molar-refractivity contribution in [1.82, 2.24) is 5.32 Å². The van der Waals surface area contributed by atoms with Gasteiger partial charge in [0.1, 0.15) is 0 Å². The highest BCUT2D eigenvalue weighted by Gasteiger charge is 1.93. The normalized spacial score (nSPS) is 13.1. The Hall–Kier alpha value is -0.810. The molecule has 12 heavy (non-hydrogen) atoms. The SMILES string of the molecule is CCC/C=C/CCNC(C)C#N. The average Bonchev–Trinajstić information content (AvgIpc) is 2.10. The van der Waals surface area contributed by atoms with Crippen LogP contribution in [0.1, 0.15) is 33.1 Å². The number of rotatable bonds is 6. The van der Waals surface area contributed by atoms with Crippen molar-refractivity contribution in [2.24, 2.45) is 0 Å². The molecule has 0 aromatic carbocycles. The smallest absolute Gasteiger partial charge is 0.0924 e. The van der Waals surface area contributed by atoms with Crippen LogP contribution in [0.5, 0.6) is 0 Å². The molecule has 0 aromatic heterocycles. The maximum Gasteiger partial charge on any atom is 0.0924 e. The van der Waals surface area contributed by atoms with Crippen molar-refractivity contribution < 1.29 is 0 Å². The fourth-order valence-corrected chi connectivity index (χ4v) is 0.831. The fraction of sp³-hybridized carbons (Fsp3) is 0.700. The Morgan fingerprint density at radius 2 is 2.08 bits per heavy atom. The number of nitrogens with zero attached hydrogens (tertiary/aromatic N) is 1. The zero-order chi connectivity index (χ0) is 9.23. The molecule has 0 aromatic rings. The van der Waals surface area contributed by atoms with Crippen molar-refractivity contribution in [3.63, 3.8) is 0 Å². The molecule has 0 saturated carbocycles. The summed E-state index contributed by atoms with van der Waals surface area (Å²) in [6.45, 7) is 4.94. The monoisotopic (exact) mass is 166 g/mol. The zero-order valence-corrected chi connectivity index (χ0v) is 8.01. The van der Waals surface area contributed by atoms with E-state index in [1.165, 1.54) is 6.42 Å². The van der Waals surface area contributed by atoms with Crippen LogP contribution in [0.15, 0.2) is 12.2 Å². The maximum absolute atomic E-state index is 8.45. The molecule has 2 heteroatoms. The van der Waals surface area contributed by atoms with E-state index in [9.17, 15) is 0 Å². The van der Waals surface area contributed by atoms with Gasteiger partial charge in [-0.1, -0.05) is 25.5 Å². The lowest BCUT2D eigenvalue weighted by Crippen LogP contribution is -2.24. The molecule has 68 valence electrons. The van der Waals surface area contributed by atoms with E-state index in [2.05, 4.69) is 30.5 Å². The Balaban J connectivity index is 3.16. The van der Waals surface area contributed by atoms with Crippen LogP contribution in [-0.2, 0) is 0 Å². The predicted molar refractivity (Wildman–Crippen MR) is 51.7 cm³/mol. The standard InChI is InChI=1S/C10H18N2/c1-3-4-5-6-7-8-12-10(2)9-11/h5-6,10,12H,3-4,7-8H2,1-2H3/b6-5+. The van der Waals surface area contributed by atoms with Crippen LogP contribution in [0.4, 0.5) is 0 Å². The highest BCUT2D eigenvalue weighted by molar-refractivity contribution is 4.87. The highest BCUT2D eigenvalue weighted by atomic mass is 14.9. The van der Waals surface area contributed by atoms with Crippen LogP contribution in [0.2, 0.25) is 0 Å². The first-order valence-corrected chi connectivity index (χ1v) is 4.59. The molecule has 0 radical (unpaired) electrons. The van der Waals surface area contributed by atoms with Gasteiger partial charge in [0, 0.05) is 0 Å². The van der Waals surface area contributed by atoms with E-state index >= 15 is 0 Å². The Morgan fingerprint density at radius 1 is 1.42 bits per heavy atom. The van der Waals surface area contributed by atoms with Crippen molar-refractivity contribution in [3.05, 3.63) is 12.2 Å². The van der Waals surface area contributed by atoms with Gasteiger partial charge in [-0.05, 0) is 26.3 Å². The molecule has 1 unspecified atom stereocenters. The molecule has 0 spiro atoms. The molecule has 0 saturated heterocycles. The molecule has 1 atom stereocenters. The largest absolute Gasteiger partial charge is 0.302 e. The van der Waals surface area contributed by atoms with E-state index in [0.29, 0.717) is 0 Å². The third kappa shape index (κ3) is 7.30. The van der Waals surface area contributed by atoms with Crippen LogP contribution in [0, 0.1) is 11.3 Å². The van der Waals surface area contributed by atoms with Gasteiger partial charge < -0.3 is 5.32 Å². The highest BCUT2D eigenvalue weighted by Crippen LogP contribution is 1.90. The number of nitrogens with one attached hydrogen (secondary N) is 1. The van der Waals surface area contributed by atoms with Gasteiger partial charge >= 0.3 is 0 Å². The van der Waals surface area contributed by atoms with Gasteiger partial charge in [-0.15, -0.1) is 0 Å². The summed E-state index contributed by atoms with van der Waals surface area (Å²) in [5.74, 6) is 0. The van der Waals surface area contributed by atoms with Gasteiger partial charge in [0.05, 0.1) is 12.1 Å². The predicted octanol–water partition coefficient (Wildman–Crippen LogP) is 2.23. The lowest BCUT2D eigenvalue weighted by molar-refractivity contribution is 0.646. The molecule has 0 rings (SSSR count). The van der Waals surface area contributed by atoms with Crippen LogP contribution in [0.25, 0.3) is 0 Å². The quantitative estimate of drug-likeness (QED) is 0.485. The van der Waals surface area contributed by atoms with Gasteiger partial charge in [-0.3, -0.25) is 0 Å². The van der Waals surface area contributed by atoms with E-state index in [1.807, 2.05) is 6.92 Å². The summed E-state index contributed by atoms with van der Waals surface area (Å²) in [6.07, 6.45) is 7.75. The summed E-state index contributed by atoms with van der Waals surface area (Å²) in [6, 6.07) is 2.11. The first kappa shape index (κ1) is 11.2. The third-order valence-electron chi connectivity index (χ3n) is 1.58. The van der Waals surface area contributed by atoms with E-state index in [1.54, 1.807) is 0 Å². The van der Waals surface area contributed by atoms with Crippen LogP contribution < -0.4 is 5.32 Å². The summed E-state index contributed by atoms with van der Waals surface area (Å²) in [4.78, 5) is 0. The topological polar surface area (TPSA) is 35.8 Å². The second-order valence-corrected chi connectivity index (χ2v) is 2.85. The van der Waals surface area contributed by atoms with Gasteiger partial charge in [0.2, 0.25) is 0 Å². The van der Waals surface area contributed by atoms with Gasteiger partial charge in [-0.25, -0.2) is 0 Å². The molecule has 0 aliphatic rings. The van der Waals surface area contributed by atoms with Crippen molar-refractivity contribution >= 4 is 0 Å². The molecule has 0 amide bonds. The Labute approximate surface area is 75.3 Å². The van der Waals surface area contributed by atoms with E-state index < -0.39 is 0 Å². The lowest BCUT2D eigenvalue weighted by Gasteiger charge is -2.02. The number of unbranched alkanes of at least 4 members (excludes halogenated alkanes) is 1. The minimum atomic E-state index is -0.0235. The summed E-state index contributed by atoms with van der Waals surface area (Å²) in [5, 5.41) is 11.5. The minimum absolute atomic E-state index is 0.0235. The second-order valence-electron chi connectivity index (χ2n) is 2.85. The molecule has 2 nitrogen and oxygen atoms in total. The molecule has 0 fully saturated rings. The molecule has 0 aliphatic heterocycles. The summed E-state index contributed by atoms with van der Waals surface area (Å²) < 4.78 is 0. The molecular formula is C10H18N2. The zero-order valence-electron chi connectivity index (χ0n) is 8.01. The molecule has 1 N–H and O–H groups in total. The number of allylic oxidation sites excluding steroid dienone is 1. The minimum Gasteiger partial charge on any atom is -0.302 e. The Morgan fingerprint density at radius 3 is 2.67 bits per heavy atom. The number of hydrogen-bond donors (Lipinski definition) is 1. The first-order valence-electron chi connectivity index (χ1n) is 4.59. The van der Waals surface area contributed by atoms with Crippen molar-refractivity contribution in [3.8, 4) is 6.07 Å². The average molecular weight is 166 g/mol. The Bertz CT molecular complexity index is 156. The molecule has 0 heterocycles. The molecule has 0 aliphatic carbocycles. The third-order valence-corrected chi connectivity index (χ3v) is 1.58. The number of nitriles is 1. The van der Waals surface area contributed by atoms with Crippen molar-refractivity contribution in [2.45, 2.75) is 39.2 Å². The van der Waals surface area contributed by atoms with Crippen LogP contribution in [0.3, 0.4) is 0 Å². The second kappa shape index (κ2) is 8.29. The van der Waals surface area contributed by atoms with Crippen molar-refractivity contribution in [2.75, 3.05) is 6.54 Å². The van der Waals surface area contributed by atoms with E-state index in [-0.39, 0.29) is 6.04 Å².